The van der Waals surface area contributed by atoms with E-state index in [1.807, 2.05) is 11.8 Å². The fraction of sp³-hybridized carbons (Fsp3) is 1.00. The van der Waals surface area contributed by atoms with Crippen molar-refractivity contribution in [2.24, 2.45) is 0 Å². The van der Waals surface area contributed by atoms with E-state index in [9.17, 15) is 5.11 Å². The van der Waals surface area contributed by atoms with E-state index < -0.39 is 5.60 Å². The Morgan fingerprint density at radius 3 is 2.35 bits per heavy atom. The maximum absolute atomic E-state index is 10.8. The van der Waals surface area contributed by atoms with E-state index in [0.29, 0.717) is 0 Å². The minimum atomic E-state index is -0.535. The summed E-state index contributed by atoms with van der Waals surface area (Å²) in [5.74, 6) is 1.12. The fourth-order valence-corrected chi connectivity index (χ4v) is 3.09. The molecule has 1 fully saturated rings. The molecule has 102 valence electrons. The lowest BCUT2D eigenvalue weighted by Crippen LogP contribution is -2.55. The molecule has 1 aliphatic heterocycles. The van der Waals surface area contributed by atoms with Gasteiger partial charge in [0.1, 0.15) is 0 Å². The normalized spacial score (nSPS) is 20.5. The van der Waals surface area contributed by atoms with Crippen LogP contribution in [0.2, 0.25) is 0 Å². The molecule has 1 aliphatic rings. The first-order chi connectivity index (χ1) is 8.18. The van der Waals surface area contributed by atoms with Crippen LogP contribution in [0.5, 0.6) is 0 Å². The number of ether oxygens (including phenoxy) is 1. The van der Waals surface area contributed by atoms with Crippen molar-refractivity contribution in [3.63, 3.8) is 0 Å². The SMILES string of the molecule is CCC(O)(CC)[C@H](CCSC)N1CCOCC1. The molecule has 0 unspecified atom stereocenters. The maximum atomic E-state index is 10.8. The summed E-state index contributed by atoms with van der Waals surface area (Å²) in [6.45, 7) is 7.72. The second-order valence-corrected chi connectivity index (χ2v) is 5.74. The summed E-state index contributed by atoms with van der Waals surface area (Å²) in [4.78, 5) is 2.42. The van der Waals surface area contributed by atoms with Crippen molar-refractivity contribution in [2.75, 3.05) is 38.3 Å². The first-order valence-electron chi connectivity index (χ1n) is 6.71. The van der Waals surface area contributed by atoms with E-state index in [1.165, 1.54) is 0 Å². The van der Waals surface area contributed by atoms with Crippen molar-refractivity contribution < 1.29 is 9.84 Å². The van der Waals surface area contributed by atoms with Crippen molar-refractivity contribution in [3.8, 4) is 0 Å². The van der Waals surface area contributed by atoms with Gasteiger partial charge in [-0.2, -0.15) is 11.8 Å². The van der Waals surface area contributed by atoms with Crippen molar-refractivity contribution in [3.05, 3.63) is 0 Å². The van der Waals surface area contributed by atoms with Crippen LogP contribution in [0.15, 0.2) is 0 Å². The number of morpholine rings is 1. The van der Waals surface area contributed by atoms with Crippen molar-refractivity contribution in [1.82, 2.24) is 4.90 Å². The number of nitrogens with zero attached hydrogens (tertiary/aromatic N) is 1. The molecule has 0 aromatic rings. The molecule has 0 aromatic carbocycles. The van der Waals surface area contributed by atoms with E-state index in [4.69, 9.17) is 4.74 Å². The second-order valence-electron chi connectivity index (χ2n) is 4.76. The zero-order valence-corrected chi connectivity index (χ0v) is 12.3. The molecular weight excluding hydrogens is 234 g/mol. The van der Waals surface area contributed by atoms with Gasteiger partial charge >= 0.3 is 0 Å². The van der Waals surface area contributed by atoms with Crippen LogP contribution >= 0.6 is 11.8 Å². The van der Waals surface area contributed by atoms with Gasteiger partial charge in [-0.15, -0.1) is 0 Å². The average molecular weight is 261 g/mol. The Hall–Kier alpha value is 0.230. The molecule has 0 aromatic heterocycles. The smallest absolute Gasteiger partial charge is 0.0797 e. The molecule has 0 amide bonds. The van der Waals surface area contributed by atoms with Gasteiger partial charge in [0.25, 0.3) is 0 Å². The standard InChI is InChI=1S/C13H27NO2S/c1-4-13(15,5-2)12(6-11-17-3)14-7-9-16-10-8-14/h12,15H,4-11H2,1-3H3/t12-/m0/s1. The summed E-state index contributed by atoms with van der Waals surface area (Å²) in [5.41, 5.74) is -0.535. The van der Waals surface area contributed by atoms with Crippen LogP contribution in [0.3, 0.4) is 0 Å². The molecule has 3 nitrogen and oxygen atoms in total. The minimum absolute atomic E-state index is 0.286. The summed E-state index contributed by atoms with van der Waals surface area (Å²) in [6, 6.07) is 0.286. The highest BCUT2D eigenvalue weighted by atomic mass is 32.2. The van der Waals surface area contributed by atoms with Crippen molar-refractivity contribution in [2.45, 2.75) is 44.8 Å². The highest BCUT2D eigenvalue weighted by molar-refractivity contribution is 7.98. The molecule has 0 spiro atoms. The first-order valence-corrected chi connectivity index (χ1v) is 8.10. The predicted octanol–water partition coefficient (Wildman–Crippen LogP) is 1.99. The topological polar surface area (TPSA) is 32.7 Å². The molecule has 1 heterocycles. The highest BCUT2D eigenvalue weighted by Gasteiger charge is 2.37. The van der Waals surface area contributed by atoms with Crippen LogP contribution in [0.25, 0.3) is 0 Å². The molecule has 4 heteroatoms. The van der Waals surface area contributed by atoms with E-state index in [1.54, 1.807) is 0 Å². The lowest BCUT2D eigenvalue weighted by Gasteiger charge is -2.44. The largest absolute Gasteiger partial charge is 0.388 e. The fourth-order valence-electron chi connectivity index (χ4n) is 2.63. The van der Waals surface area contributed by atoms with Crippen LogP contribution < -0.4 is 0 Å². The number of aliphatic hydroxyl groups is 1. The van der Waals surface area contributed by atoms with Crippen LogP contribution in [-0.2, 0) is 4.74 Å². The number of hydrogen-bond donors (Lipinski definition) is 1. The van der Waals surface area contributed by atoms with Gasteiger partial charge in [0.2, 0.25) is 0 Å². The van der Waals surface area contributed by atoms with Gasteiger partial charge in [0.15, 0.2) is 0 Å². The summed E-state index contributed by atoms with van der Waals surface area (Å²) in [5, 5.41) is 10.8. The first kappa shape index (κ1) is 15.3. The monoisotopic (exact) mass is 261 g/mol. The third kappa shape index (κ3) is 4.12. The molecule has 0 aliphatic carbocycles. The summed E-state index contributed by atoms with van der Waals surface area (Å²) < 4.78 is 5.41. The van der Waals surface area contributed by atoms with Gasteiger partial charge in [-0.05, 0) is 31.3 Å². The van der Waals surface area contributed by atoms with Gasteiger partial charge in [-0.25, -0.2) is 0 Å². The molecule has 1 atom stereocenters. The van der Waals surface area contributed by atoms with Crippen LogP contribution in [0, 0.1) is 0 Å². The van der Waals surface area contributed by atoms with E-state index in [-0.39, 0.29) is 6.04 Å². The molecule has 0 bridgehead atoms. The van der Waals surface area contributed by atoms with Crippen LogP contribution in [0.4, 0.5) is 0 Å². The minimum Gasteiger partial charge on any atom is -0.388 e. The van der Waals surface area contributed by atoms with E-state index in [2.05, 4.69) is 25.0 Å². The Bertz CT molecular complexity index is 204. The maximum Gasteiger partial charge on any atom is 0.0797 e. The Balaban J connectivity index is 2.69. The van der Waals surface area contributed by atoms with E-state index >= 15 is 0 Å². The van der Waals surface area contributed by atoms with Crippen molar-refractivity contribution >= 4 is 11.8 Å². The molecule has 0 saturated carbocycles. The Morgan fingerprint density at radius 1 is 1.29 bits per heavy atom. The zero-order chi connectivity index (χ0) is 12.7. The highest BCUT2D eigenvalue weighted by Crippen LogP contribution is 2.28. The Morgan fingerprint density at radius 2 is 1.88 bits per heavy atom. The number of rotatable bonds is 7. The summed E-state index contributed by atoms with van der Waals surface area (Å²) in [7, 11) is 0. The molecule has 1 rings (SSSR count). The number of hydrogen-bond acceptors (Lipinski definition) is 4. The molecule has 1 N–H and O–H groups in total. The lowest BCUT2D eigenvalue weighted by molar-refractivity contribution is -0.0820. The van der Waals surface area contributed by atoms with Crippen LogP contribution in [0.1, 0.15) is 33.1 Å². The third-order valence-electron chi connectivity index (χ3n) is 3.93. The van der Waals surface area contributed by atoms with E-state index in [0.717, 1.165) is 51.3 Å². The second kappa shape index (κ2) is 7.62. The Labute approximate surface area is 110 Å². The van der Waals surface area contributed by atoms with Gasteiger partial charge in [0, 0.05) is 19.1 Å². The van der Waals surface area contributed by atoms with Crippen LogP contribution in [-0.4, -0.2) is 60.0 Å². The van der Waals surface area contributed by atoms with Gasteiger partial charge in [-0.3, -0.25) is 4.90 Å². The average Bonchev–Trinajstić information content (AvgIpc) is 2.40. The quantitative estimate of drug-likeness (QED) is 0.760. The van der Waals surface area contributed by atoms with Gasteiger partial charge in [0.05, 0.1) is 18.8 Å². The predicted molar refractivity (Wildman–Crippen MR) is 74.7 cm³/mol. The summed E-state index contributed by atoms with van der Waals surface area (Å²) in [6.07, 6.45) is 4.87. The van der Waals surface area contributed by atoms with Crippen molar-refractivity contribution in [1.29, 1.82) is 0 Å². The van der Waals surface area contributed by atoms with Gasteiger partial charge < -0.3 is 9.84 Å². The molecule has 1 saturated heterocycles. The third-order valence-corrected chi connectivity index (χ3v) is 4.57. The molecule has 0 radical (unpaired) electrons. The molecule has 17 heavy (non-hydrogen) atoms. The Kier molecular flexibility index (Phi) is 6.85. The lowest BCUT2D eigenvalue weighted by atomic mass is 9.85. The molecular formula is C13H27NO2S. The zero-order valence-electron chi connectivity index (χ0n) is 11.4. The summed E-state index contributed by atoms with van der Waals surface area (Å²) >= 11 is 1.86. The number of thioether (sulfide) groups is 1. The van der Waals surface area contributed by atoms with Gasteiger partial charge in [-0.1, -0.05) is 13.8 Å².